The molecule has 0 bridgehead atoms. The van der Waals surface area contributed by atoms with E-state index in [0.717, 1.165) is 50.6 Å². The highest BCUT2D eigenvalue weighted by Gasteiger charge is 2.26. The average Bonchev–Trinajstić information content (AvgIpc) is 4.01. The molecule has 0 unspecified atom stereocenters. The smallest absolute Gasteiger partial charge is 0.0555 e. The molecule has 0 spiro atoms. The maximum absolute atomic E-state index is 2.56. The maximum atomic E-state index is 2.56. The van der Waals surface area contributed by atoms with Crippen molar-refractivity contribution in [3.8, 4) is 22.3 Å². The predicted molar refractivity (Wildman–Crippen MR) is 305 cm³/mol. The van der Waals surface area contributed by atoms with Gasteiger partial charge in [0.15, 0.2) is 0 Å². The molecule has 4 heteroatoms. The van der Waals surface area contributed by atoms with Crippen LogP contribution in [0.1, 0.15) is 0 Å². The predicted octanol–water partition coefficient (Wildman–Crippen LogP) is 20.2. The topological polar surface area (TPSA) is 6.48 Å². The Hall–Kier alpha value is -8.54. The summed E-state index contributed by atoms with van der Waals surface area (Å²) in [6, 6.07) is 94.2. The van der Waals surface area contributed by atoms with E-state index in [1.807, 2.05) is 22.7 Å². The molecule has 12 aromatic carbocycles. The molecule has 0 aliphatic rings. The first kappa shape index (κ1) is 40.5. The minimum absolute atomic E-state index is 1.09. The molecule has 70 heavy (non-hydrogen) atoms. The van der Waals surface area contributed by atoms with Gasteiger partial charge in [-0.05, 0) is 111 Å². The van der Waals surface area contributed by atoms with Gasteiger partial charge in [0, 0.05) is 62.4 Å². The highest BCUT2D eigenvalue weighted by atomic mass is 32.1. The van der Waals surface area contributed by atoms with E-state index in [1.54, 1.807) is 0 Å². The van der Waals surface area contributed by atoms with E-state index in [-0.39, 0.29) is 0 Å². The Morgan fingerprint density at radius 2 is 0.671 bits per heavy atom. The Labute approximate surface area is 413 Å². The van der Waals surface area contributed by atoms with Crippen molar-refractivity contribution in [3.05, 3.63) is 255 Å². The zero-order valence-electron chi connectivity index (χ0n) is 38.0. The molecule has 0 atom stereocenters. The van der Waals surface area contributed by atoms with Gasteiger partial charge in [-0.3, -0.25) is 0 Å². The monoisotopic (exact) mass is 926 g/mol. The molecule has 0 radical (unpaired) electrons. The summed E-state index contributed by atoms with van der Waals surface area (Å²) in [6.45, 7) is 0. The van der Waals surface area contributed by atoms with E-state index in [2.05, 4.69) is 265 Å². The lowest BCUT2D eigenvalue weighted by molar-refractivity contribution is 1.31. The van der Waals surface area contributed by atoms with Gasteiger partial charge in [-0.25, -0.2) is 0 Å². The number of nitrogens with zero attached hydrogens (tertiary/aromatic N) is 2. The van der Waals surface area contributed by atoms with E-state index < -0.39 is 0 Å². The normalized spacial score (nSPS) is 11.7. The Balaban J connectivity index is 1.13. The molecule has 14 aromatic rings. The SMILES string of the molecule is c1ccc(-c2cc3c(-c4ccccc4)cc(N(c4cccc5ccccc45)c4cccc5sc6ccccc6c45)cc3cc2N(c2cccc3ccccc23)c2cccc3sc4ccccc4c23)cc1. The molecule has 0 N–H and O–H groups in total. The fourth-order valence-corrected chi connectivity index (χ4v) is 13.1. The van der Waals surface area contributed by atoms with Gasteiger partial charge in [-0.1, -0.05) is 182 Å². The molecule has 0 saturated carbocycles. The quantitative estimate of drug-likeness (QED) is 0.150. The summed E-state index contributed by atoms with van der Waals surface area (Å²) in [4.78, 5) is 5.09. The Kier molecular flexibility index (Phi) is 9.61. The van der Waals surface area contributed by atoms with Crippen LogP contribution in [0.2, 0.25) is 0 Å². The molecular formula is C66H42N2S2. The largest absolute Gasteiger partial charge is 0.309 e. The fourth-order valence-electron chi connectivity index (χ4n) is 10.9. The molecule has 0 aliphatic heterocycles. The Morgan fingerprint density at radius 1 is 0.243 bits per heavy atom. The standard InChI is InChI=1S/C66H42N2S2/c1-3-19-45(20-4-1)53-41-48(67(56-31-15-25-43-23-7-9-27-49(43)56)58-33-17-37-63-65(58)51-29-11-13-35-61(51)69-63)39-47-40-60(55(42-54(47)53)46-21-5-2-6-22-46)68(57-32-16-26-44-24-8-10-28-50(44)57)59-34-18-38-64-66(59)52-30-12-14-36-62(52)70-64/h1-42H. The fraction of sp³-hybridized carbons (Fsp3) is 0. The second kappa shape index (κ2) is 16.6. The van der Waals surface area contributed by atoms with Crippen LogP contribution in [0.5, 0.6) is 0 Å². The van der Waals surface area contributed by atoms with Gasteiger partial charge >= 0.3 is 0 Å². The molecule has 0 aliphatic carbocycles. The van der Waals surface area contributed by atoms with Crippen molar-refractivity contribution < 1.29 is 0 Å². The molecule has 0 saturated heterocycles. The molecular weight excluding hydrogens is 885 g/mol. The van der Waals surface area contributed by atoms with Gasteiger partial charge in [-0.2, -0.15) is 0 Å². The number of hydrogen-bond donors (Lipinski definition) is 0. The highest BCUT2D eigenvalue weighted by molar-refractivity contribution is 7.26. The van der Waals surface area contributed by atoms with Crippen LogP contribution < -0.4 is 9.80 Å². The zero-order chi connectivity index (χ0) is 46.1. The van der Waals surface area contributed by atoms with Crippen molar-refractivity contribution >= 4 is 129 Å². The third-order valence-electron chi connectivity index (χ3n) is 14.0. The maximum Gasteiger partial charge on any atom is 0.0555 e. The van der Waals surface area contributed by atoms with Crippen molar-refractivity contribution in [1.82, 2.24) is 0 Å². The van der Waals surface area contributed by atoms with Crippen LogP contribution in [0.4, 0.5) is 34.1 Å². The number of rotatable bonds is 8. The average molecular weight is 927 g/mol. The lowest BCUT2D eigenvalue weighted by Crippen LogP contribution is -2.13. The van der Waals surface area contributed by atoms with Gasteiger partial charge in [0.25, 0.3) is 0 Å². The summed E-state index contributed by atoms with van der Waals surface area (Å²) < 4.78 is 5.10. The van der Waals surface area contributed by atoms with Crippen molar-refractivity contribution in [2.24, 2.45) is 0 Å². The number of hydrogen-bond acceptors (Lipinski definition) is 4. The number of benzene rings is 12. The Bertz CT molecular complexity index is 4310. The number of fused-ring (bicyclic) bond motifs is 9. The summed E-state index contributed by atoms with van der Waals surface area (Å²) in [5.74, 6) is 0. The van der Waals surface area contributed by atoms with Gasteiger partial charge < -0.3 is 9.80 Å². The van der Waals surface area contributed by atoms with Gasteiger partial charge in [-0.15, -0.1) is 22.7 Å². The van der Waals surface area contributed by atoms with E-state index in [4.69, 9.17) is 0 Å². The third kappa shape index (κ3) is 6.60. The van der Waals surface area contributed by atoms with Crippen molar-refractivity contribution in [1.29, 1.82) is 0 Å². The van der Waals surface area contributed by atoms with E-state index in [9.17, 15) is 0 Å². The van der Waals surface area contributed by atoms with E-state index in [0.29, 0.717) is 0 Å². The van der Waals surface area contributed by atoms with E-state index in [1.165, 1.54) is 78.4 Å². The van der Waals surface area contributed by atoms with Crippen LogP contribution in [0, 0.1) is 0 Å². The van der Waals surface area contributed by atoms with Crippen LogP contribution in [-0.2, 0) is 0 Å². The molecule has 2 nitrogen and oxygen atoms in total. The minimum Gasteiger partial charge on any atom is -0.309 e. The van der Waals surface area contributed by atoms with Crippen molar-refractivity contribution in [2.75, 3.05) is 9.80 Å². The van der Waals surface area contributed by atoms with Crippen molar-refractivity contribution in [3.63, 3.8) is 0 Å². The minimum atomic E-state index is 1.09. The van der Waals surface area contributed by atoms with Crippen LogP contribution >= 0.6 is 22.7 Å². The summed E-state index contributed by atoms with van der Waals surface area (Å²) in [5, 5.41) is 12.2. The summed E-state index contributed by atoms with van der Waals surface area (Å²) in [6.07, 6.45) is 0. The summed E-state index contributed by atoms with van der Waals surface area (Å²) in [5.41, 5.74) is 11.4. The molecule has 0 amide bonds. The first-order valence-electron chi connectivity index (χ1n) is 23.8. The summed E-state index contributed by atoms with van der Waals surface area (Å²) in [7, 11) is 0. The molecule has 14 rings (SSSR count). The molecule has 2 aromatic heterocycles. The number of anilines is 6. The first-order valence-corrected chi connectivity index (χ1v) is 25.5. The zero-order valence-corrected chi connectivity index (χ0v) is 39.6. The van der Waals surface area contributed by atoms with Gasteiger partial charge in [0.1, 0.15) is 0 Å². The molecule has 328 valence electrons. The van der Waals surface area contributed by atoms with Crippen LogP contribution in [-0.4, -0.2) is 0 Å². The van der Waals surface area contributed by atoms with E-state index >= 15 is 0 Å². The third-order valence-corrected chi connectivity index (χ3v) is 16.3. The van der Waals surface area contributed by atoms with Gasteiger partial charge in [0.05, 0.1) is 28.4 Å². The second-order valence-corrected chi connectivity index (χ2v) is 20.1. The van der Waals surface area contributed by atoms with Crippen molar-refractivity contribution in [2.45, 2.75) is 0 Å². The molecule has 0 fully saturated rings. The van der Waals surface area contributed by atoms with Crippen LogP contribution in [0.25, 0.3) is 94.9 Å². The van der Waals surface area contributed by atoms with Gasteiger partial charge in [0.2, 0.25) is 0 Å². The second-order valence-electron chi connectivity index (χ2n) is 18.0. The first-order chi connectivity index (χ1) is 34.7. The van der Waals surface area contributed by atoms with Crippen LogP contribution in [0.3, 0.4) is 0 Å². The summed E-state index contributed by atoms with van der Waals surface area (Å²) >= 11 is 3.72. The lowest BCUT2D eigenvalue weighted by atomic mass is 9.91. The van der Waals surface area contributed by atoms with Crippen LogP contribution in [0.15, 0.2) is 255 Å². The Morgan fingerprint density at radius 3 is 1.26 bits per heavy atom. The molecule has 2 heterocycles. The lowest BCUT2D eigenvalue weighted by Gasteiger charge is -2.31. The number of thiophene rings is 2. The highest BCUT2D eigenvalue weighted by Crippen LogP contribution is 2.52.